The molecular weight excluding hydrogens is 176 g/mol. The lowest BCUT2D eigenvalue weighted by Gasteiger charge is -2.21. The van der Waals surface area contributed by atoms with E-state index in [4.69, 9.17) is 5.73 Å². The molecule has 2 fully saturated rings. The van der Waals surface area contributed by atoms with Crippen molar-refractivity contribution in [3.8, 4) is 0 Å². The van der Waals surface area contributed by atoms with E-state index < -0.39 is 0 Å². The highest BCUT2D eigenvalue weighted by molar-refractivity contribution is 5.77. The molecule has 3 heteroatoms. The molecule has 0 aromatic heterocycles. The molecule has 0 bridgehead atoms. The molecule has 1 amide bonds. The lowest BCUT2D eigenvalue weighted by molar-refractivity contribution is -0.132. The molecule has 1 aliphatic carbocycles. The first-order valence-corrected chi connectivity index (χ1v) is 5.70. The van der Waals surface area contributed by atoms with Gasteiger partial charge in [-0.25, -0.2) is 0 Å². The smallest absolute Gasteiger partial charge is 0.223 e. The Balaban J connectivity index is 1.86. The molecule has 2 N–H and O–H groups in total. The van der Waals surface area contributed by atoms with Crippen molar-refractivity contribution >= 4 is 5.91 Å². The van der Waals surface area contributed by atoms with Crippen molar-refractivity contribution in [3.05, 3.63) is 0 Å². The van der Waals surface area contributed by atoms with Crippen LogP contribution in [0.25, 0.3) is 0 Å². The highest BCUT2D eigenvalue weighted by Crippen LogP contribution is 2.34. The molecular formula is C11H20N2O. The van der Waals surface area contributed by atoms with Gasteiger partial charge >= 0.3 is 0 Å². The van der Waals surface area contributed by atoms with Crippen molar-refractivity contribution in [3.63, 3.8) is 0 Å². The second kappa shape index (κ2) is 3.89. The van der Waals surface area contributed by atoms with Crippen LogP contribution in [0.2, 0.25) is 0 Å². The minimum atomic E-state index is 0.357. The fraction of sp³-hybridized carbons (Fsp3) is 0.909. The van der Waals surface area contributed by atoms with Gasteiger partial charge in [0.25, 0.3) is 0 Å². The molecule has 0 spiro atoms. The van der Waals surface area contributed by atoms with E-state index in [0.717, 1.165) is 25.9 Å². The highest BCUT2D eigenvalue weighted by atomic mass is 16.2. The summed E-state index contributed by atoms with van der Waals surface area (Å²) in [6, 6.07) is 0.412. The number of carbonyl (C=O) groups excluding carboxylic acids is 1. The van der Waals surface area contributed by atoms with Crippen LogP contribution in [-0.4, -0.2) is 29.9 Å². The Bertz CT molecular complexity index is 225. The van der Waals surface area contributed by atoms with Crippen LogP contribution in [0.3, 0.4) is 0 Å². The monoisotopic (exact) mass is 196 g/mol. The predicted molar refractivity (Wildman–Crippen MR) is 55.7 cm³/mol. The summed E-state index contributed by atoms with van der Waals surface area (Å²) < 4.78 is 0. The zero-order valence-electron chi connectivity index (χ0n) is 8.91. The van der Waals surface area contributed by atoms with E-state index in [0.29, 0.717) is 23.8 Å². The lowest BCUT2D eigenvalue weighted by atomic mass is 10.1. The van der Waals surface area contributed by atoms with Gasteiger partial charge < -0.3 is 10.6 Å². The molecule has 1 saturated carbocycles. The quantitative estimate of drug-likeness (QED) is 0.731. The Labute approximate surface area is 85.6 Å². The molecule has 3 nitrogen and oxygen atoms in total. The minimum Gasteiger partial charge on any atom is -0.340 e. The normalized spacial score (nSPS) is 32.3. The van der Waals surface area contributed by atoms with Crippen LogP contribution >= 0.6 is 0 Å². The number of rotatable bonds is 3. The van der Waals surface area contributed by atoms with Gasteiger partial charge in [-0.05, 0) is 44.6 Å². The molecule has 2 atom stereocenters. The summed E-state index contributed by atoms with van der Waals surface area (Å²) in [6.07, 6.45) is 4.39. The maximum absolute atomic E-state index is 11.9. The number of nitrogens with zero attached hydrogens (tertiary/aromatic N) is 1. The van der Waals surface area contributed by atoms with Gasteiger partial charge in [0.05, 0.1) is 0 Å². The second-order valence-electron chi connectivity index (χ2n) is 4.88. The third kappa shape index (κ3) is 2.08. The van der Waals surface area contributed by atoms with Gasteiger partial charge in [-0.3, -0.25) is 4.79 Å². The zero-order chi connectivity index (χ0) is 10.1. The molecule has 0 radical (unpaired) electrons. The second-order valence-corrected chi connectivity index (χ2v) is 4.88. The van der Waals surface area contributed by atoms with Gasteiger partial charge in [0.1, 0.15) is 0 Å². The topological polar surface area (TPSA) is 46.3 Å². The van der Waals surface area contributed by atoms with Gasteiger partial charge in [-0.2, -0.15) is 0 Å². The fourth-order valence-corrected chi connectivity index (χ4v) is 2.35. The molecule has 0 aromatic carbocycles. The minimum absolute atomic E-state index is 0.357. The average Bonchev–Trinajstić information content (AvgIpc) is 2.87. The SMILES string of the molecule is CC1CC(CN)CN1C(=O)CC1CC1. The third-order valence-electron chi connectivity index (χ3n) is 3.48. The first-order chi connectivity index (χ1) is 6.70. The number of hydrogen-bond donors (Lipinski definition) is 1. The van der Waals surface area contributed by atoms with Gasteiger partial charge in [0, 0.05) is 19.0 Å². The Hall–Kier alpha value is -0.570. The van der Waals surface area contributed by atoms with Crippen molar-refractivity contribution in [2.24, 2.45) is 17.6 Å². The van der Waals surface area contributed by atoms with Crippen molar-refractivity contribution in [2.75, 3.05) is 13.1 Å². The Morgan fingerprint density at radius 1 is 1.43 bits per heavy atom. The number of likely N-dealkylation sites (tertiary alicyclic amines) is 1. The lowest BCUT2D eigenvalue weighted by Crippen LogP contribution is -2.34. The van der Waals surface area contributed by atoms with E-state index in [9.17, 15) is 4.79 Å². The van der Waals surface area contributed by atoms with E-state index in [1.54, 1.807) is 0 Å². The third-order valence-corrected chi connectivity index (χ3v) is 3.48. The van der Waals surface area contributed by atoms with E-state index in [-0.39, 0.29) is 0 Å². The molecule has 1 heterocycles. The van der Waals surface area contributed by atoms with Gasteiger partial charge in [-0.15, -0.1) is 0 Å². The summed E-state index contributed by atoms with van der Waals surface area (Å²) >= 11 is 0. The Morgan fingerprint density at radius 2 is 2.14 bits per heavy atom. The van der Waals surface area contributed by atoms with Gasteiger partial charge in [-0.1, -0.05) is 0 Å². The largest absolute Gasteiger partial charge is 0.340 e. The first kappa shape index (κ1) is 9.97. The Kier molecular flexibility index (Phi) is 2.77. The summed E-state index contributed by atoms with van der Waals surface area (Å²) in [6.45, 7) is 3.75. The van der Waals surface area contributed by atoms with Gasteiger partial charge in [0.2, 0.25) is 5.91 Å². The van der Waals surface area contributed by atoms with Crippen molar-refractivity contribution < 1.29 is 4.79 Å². The Morgan fingerprint density at radius 3 is 2.64 bits per heavy atom. The predicted octanol–water partition coefficient (Wildman–Crippen LogP) is 0.982. The summed E-state index contributed by atoms with van der Waals surface area (Å²) in [4.78, 5) is 13.9. The summed E-state index contributed by atoms with van der Waals surface area (Å²) in [7, 11) is 0. The highest BCUT2D eigenvalue weighted by Gasteiger charge is 2.34. The van der Waals surface area contributed by atoms with Crippen LogP contribution in [0.15, 0.2) is 0 Å². The van der Waals surface area contributed by atoms with E-state index >= 15 is 0 Å². The van der Waals surface area contributed by atoms with Crippen molar-refractivity contribution in [1.29, 1.82) is 0 Å². The van der Waals surface area contributed by atoms with Crippen LogP contribution in [-0.2, 0) is 4.79 Å². The van der Waals surface area contributed by atoms with E-state index in [1.807, 2.05) is 4.90 Å². The van der Waals surface area contributed by atoms with Crippen molar-refractivity contribution in [1.82, 2.24) is 4.90 Å². The number of carbonyl (C=O) groups is 1. The zero-order valence-corrected chi connectivity index (χ0v) is 8.91. The van der Waals surface area contributed by atoms with Crippen LogP contribution in [0.1, 0.15) is 32.6 Å². The molecule has 1 aliphatic heterocycles. The molecule has 80 valence electrons. The summed E-state index contributed by atoms with van der Waals surface area (Å²) in [5, 5.41) is 0. The van der Waals surface area contributed by atoms with E-state index in [1.165, 1.54) is 12.8 Å². The first-order valence-electron chi connectivity index (χ1n) is 5.70. The molecule has 1 saturated heterocycles. The summed E-state index contributed by atoms with van der Waals surface area (Å²) in [5.41, 5.74) is 5.63. The maximum Gasteiger partial charge on any atom is 0.223 e. The van der Waals surface area contributed by atoms with Crippen LogP contribution in [0.4, 0.5) is 0 Å². The summed E-state index contributed by atoms with van der Waals surface area (Å²) in [5.74, 6) is 1.59. The van der Waals surface area contributed by atoms with Crippen LogP contribution in [0.5, 0.6) is 0 Å². The number of amides is 1. The van der Waals surface area contributed by atoms with Crippen LogP contribution < -0.4 is 5.73 Å². The number of hydrogen-bond acceptors (Lipinski definition) is 2. The standard InChI is InChI=1S/C11H20N2O/c1-8-4-10(6-12)7-13(8)11(14)5-9-2-3-9/h8-10H,2-7,12H2,1H3. The molecule has 14 heavy (non-hydrogen) atoms. The van der Waals surface area contributed by atoms with Crippen LogP contribution in [0, 0.1) is 11.8 Å². The molecule has 0 aromatic rings. The molecule has 2 aliphatic rings. The maximum atomic E-state index is 11.9. The van der Waals surface area contributed by atoms with Crippen molar-refractivity contribution in [2.45, 2.75) is 38.6 Å². The molecule has 2 rings (SSSR count). The van der Waals surface area contributed by atoms with Gasteiger partial charge in [0.15, 0.2) is 0 Å². The van der Waals surface area contributed by atoms with E-state index in [2.05, 4.69) is 6.92 Å². The average molecular weight is 196 g/mol. The number of nitrogens with two attached hydrogens (primary N) is 1. The molecule has 2 unspecified atom stereocenters. The fourth-order valence-electron chi connectivity index (χ4n) is 2.35.